The van der Waals surface area contributed by atoms with Gasteiger partial charge in [0.1, 0.15) is 5.82 Å². The number of carbonyl (C=O) groups is 1. The summed E-state index contributed by atoms with van der Waals surface area (Å²) in [7, 11) is 0. The van der Waals surface area contributed by atoms with Gasteiger partial charge in [0.2, 0.25) is 5.91 Å². The summed E-state index contributed by atoms with van der Waals surface area (Å²) in [5, 5.41) is 6.81. The van der Waals surface area contributed by atoms with Crippen LogP contribution in [0.5, 0.6) is 0 Å². The summed E-state index contributed by atoms with van der Waals surface area (Å²) >= 11 is 0. The first-order chi connectivity index (χ1) is 13.7. The zero-order valence-corrected chi connectivity index (χ0v) is 16.0. The molecule has 2 aliphatic heterocycles. The van der Waals surface area contributed by atoms with Crippen molar-refractivity contribution in [2.24, 2.45) is 5.92 Å². The first-order valence-corrected chi connectivity index (χ1v) is 9.68. The van der Waals surface area contributed by atoms with Crippen molar-refractivity contribution >= 4 is 11.7 Å². The lowest BCUT2D eigenvalue weighted by molar-refractivity contribution is -0.127. The molecule has 150 valence electrons. The molecule has 2 aliphatic rings. The fraction of sp³-hybridized carbons (Fsp3) is 0.579. The summed E-state index contributed by atoms with van der Waals surface area (Å²) in [4.78, 5) is 23.5. The molecule has 2 fully saturated rings. The van der Waals surface area contributed by atoms with Crippen molar-refractivity contribution in [1.82, 2.24) is 20.4 Å². The number of amides is 1. The van der Waals surface area contributed by atoms with Crippen molar-refractivity contribution in [1.29, 1.82) is 0 Å². The van der Waals surface area contributed by atoms with Crippen LogP contribution in [0.15, 0.2) is 22.9 Å². The normalized spacial score (nSPS) is 22.8. The number of hydrogen-bond acceptors (Lipinski definition) is 8. The van der Waals surface area contributed by atoms with E-state index in [0.29, 0.717) is 44.6 Å². The SMILES string of the molecule is Cc1noc(-c2ccc(N3CCCC(C(=O)NCC4COCCO4)C3)nc2)n1. The maximum absolute atomic E-state index is 12.6. The van der Waals surface area contributed by atoms with E-state index in [4.69, 9.17) is 14.0 Å². The highest BCUT2D eigenvalue weighted by Crippen LogP contribution is 2.24. The van der Waals surface area contributed by atoms with Crippen molar-refractivity contribution in [3.63, 3.8) is 0 Å². The topological polar surface area (TPSA) is 103 Å². The van der Waals surface area contributed by atoms with Gasteiger partial charge in [0, 0.05) is 25.8 Å². The van der Waals surface area contributed by atoms with Gasteiger partial charge in [0.15, 0.2) is 5.82 Å². The Morgan fingerprint density at radius 3 is 3.00 bits per heavy atom. The maximum Gasteiger partial charge on any atom is 0.259 e. The third kappa shape index (κ3) is 4.48. The van der Waals surface area contributed by atoms with Crippen molar-refractivity contribution in [3.8, 4) is 11.5 Å². The Kier molecular flexibility index (Phi) is 5.82. The summed E-state index contributed by atoms with van der Waals surface area (Å²) in [5.74, 6) is 1.91. The van der Waals surface area contributed by atoms with Crippen molar-refractivity contribution in [3.05, 3.63) is 24.2 Å². The number of piperidine rings is 1. The molecule has 0 saturated carbocycles. The van der Waals surface area contributed by atoms with Crippen LogP contribution in [0.25, 0.3) is 11.5 Å². The molecule has 2 aromatic heterocycles. The second-order valence-corrected chi connectivity index (χ2v) is 7.15. The molecule has 4 rings (SSSR count). The molecule has 0 bridgehead atoms. The van der Waals surface area contributed by atoms with E-state index in [1.807, 2.05) is 12.1 Å². The van der Waals surface area contributed by atoms with Crippen molar-refractivity contribution in [2.75, 3.05) is 44.4 Å². The number of rotatable bonds is 5. The average molecular weight is 387 g/mol. The van der Waals surface area contributed by atoms with Gasteiger partial charge in [-0.25, -0.2) is 4.98 Å². The van der Waals surface area contributed by atoms with Gasteiger partial charge in [-0.1, -0.05) is 5.16 Å². The maximum atomic E-state index is 12.6. The molecular formula is C19H25N5O4. The number of nitrogens with zero attached hydrogens (tertiary/aromatic N) is 4. The summed E-state index contributed by atoms with van der Waals surface area (Å²) in [6.45, 7) is 5.55. The molecule has 2 unspecified atom stereocenters. The monoisotopic (exact) mass is 387 g/mol. The summed E-state index contributed by atoms with van der Waals surface area (Å²) in [6, 6.07) is 3.85. The number of pyridine rings is 1. The number of ether oxygens (including phenoxy) is 2. The van der Waals surface area contributed by atoms with Gasteiger partial charge in [-0.15, -0.1) is 0 Å². The third-order valence-electron chi connectivity index (χ3n) is 5.03. The Morgan fingerprint density at radius 1 is 1.36 bits per heavy atom. The molecule has 1 N–H and O–H groups in total. The molecule has 1 amide bonds. The molecule has 9 heteroatoms. The van der Waals surface area contributed by atoms with Gasteiger partial charge in [-0.3, -0.25) is 4.79 Å². The van der Waals surface area contributed by atoms with Gasteiger partial charge in [0.25, 0.3) is 5.89 Å². The number of carbonyl (C=O) groups excluding carboxylic acids is 1. The summed E-state index contributed by atoms with van der Waals surface area (Å²) in [6.07, 6.45) is 3.50. The van der Waals surface area contributed by atoms with Gasteiger partial charge >= 0.3 is 0 Å². The second-order valence-electron chi connectivity index (χ2n) is 7.15. The molecule has 0 radical (unpaired) electrons. The quantitative estimate of drug-likeness (QED) is 0.816. The predicted molar refractivity (Wildman–Crippen MR) is 101 cm³/mol. The zero-order chi connectivity index (χ0) is 19.3. The molecule has 2 aromatic rings. The molecule has 2 atom stereocenters. The van der Waals surface area contributed by atoms with Crippen LogP contribution < -0.4 is 10.2 Å². The predicted octanol–water partition coefficient (Wildman–Crippen LogP) is 1.19. The number of aryl methyl sites for hydroxylation is 1. The fourth-order valence-electron chi connectivity index (χ4n) is 3.53. The standard InChI is InChI=1S/C19H25N5O4/c1-13-22-19(28-23-13)14-4-5-17(20-9-14)24-6-2-3-15(11-24)18(25)21-10-16-12-26-7-8-27-16/h4-5,9,15-16H,2-3,6-8,10-12H2,1H3,(H,21,25). The van der Waals surface area contributed by atoms with Crippen LogP contribution >= 0.6 is 0 Å². The van der Waals surface area contributed by atoms with E-state index in [0.717, 1.165) is 30.8 Å². The second kappa shape index (κ2) is 8.66. The Labute approximate surface area is 163 Å². The highest BCUT2D eigenvalue weighted by Gasteiger charge is 2.27. The van der Waals surface area contributed by atoms with E-state index in [-0.39, 0.29) is 17.9 Å². The van der Waals surface area contributed by atoms with Crippen LogP contribution in [0.4, 0.5) is 5.82 Å². The number of anilines is 1. The molecule has 28 heavy (non-hydrogen) atoms. The Morgan fingerprint density at radius 2 is 2.29 bits per heavy atom. The molecule has 0 aromatic carbocycles. The minimum absolute atomic E-state index is 0.0556. The van der Waals surface area contributed by atoms with Crippen LogP contribution in [-0.2, 0) is 14.3 Å². The van der Waals surface area contributed by atoms with Gasteiger partial charge < -0.3 is 24.2 Å². The highest BCUT2D eigenvalue weighted by molar-refractivity contribution is 5.79. The lowest BCUT2D eigenvalue weighted by Crippen LogP contribution is -2.46. The number of aromatic nitrogens is 3. The van der Waals surface area contributed by atoms with Crippen molar-refractivity contribution < 1.29 is 18.8 Å². The minimum atomic E-state index is -0.0571. The van der Waals surface area contributed by atoms with E-state index in [2.05, 4.69) is 25.3 Å². The van der Waals surface area contributed by atoms with E-state index < -0.39 is 0 Å². The molecule has 0 spiro atoms. The zero-order valence-electron chi connectivity index (χ0n) is 16.0. The third-order valence-corrected chi connectivity index (χ3v) is 5.03. The van der Waals surface area contributed by atoms with Crippen LogP contribution in [0.1, 0.15) is 18.7 Å². The molecule has 2 saturated heterocycles. The fourth-order valence-corrected chi connectivity index (χ4v) is 3.53. The van der Waals surface area contributed by atoms with E-state index in [1.54, 1.807) is 13.1 Å². The Bertz CT molecular complexity index is 788. The van der Waals surface area contributed by atoms with E-state index in [9.17, 15) is 4.79 Å². The average Bonchev–Trinajstić information content (AvgIpc) is 3.19. The molecule has 4 heterocycles. The van der Waals surface area contributed by atoms with Crippen LogP contribution in [0.2, 0.25) is 0 Å². The first-order valence-electron chi connectivity index (χ1n) is 9.68. The number of nitrogens with one attached hydrogen (secondary N) is 1. The van der Waals surface area contributed by atoms with Crippen LogP contribution in [-0.4, -0.2) is 66.6 Å². The van der Waals surface area contributed by atoms with Crippen LogP contribution in [0.3, 0.4) is 0 Å². The van der Waals surface area contributed by atoms with E-state index in [1.165, 1.54) is 0 Å². The molecule has 9 nitrogen and oxygen atoms in total. The summed E-state index contributed by atoms with van der Waals surface area (Å²) in [5.41, 5.74) is 0.783. The lowest BCUT2D eigenvalue weighted by Gasteiger charge is -2.33. The Balaban J connectivity index is 1.33. The van der Waals surface area contributed by atoms with E-state index >= 15 is 0 Å². The molecule has 0 aliphatic carbocycles. The van der Waals surface area contributed by atoms with Gasteiger partial charge in [-0.2, -0.15) is 4.98 Å². The summed E-state index contributed by atoms with van der Waals surface area (Å²) < 4.78 is 16.1. The van der Waals surface area contributed by atoms with Gasteiger partial charge in [-0.05, 0) is 31.9 Å². The number of hydrogen-bond donors (Lipinski definition) is 1. The Hall–Kier alpha value is -2.52. The largest absolute Gasteiger partial charge is 0.376 e. The lowest BCUT2D eigenvalue weighted by atomic mass is 9.97. The first kappa shape index (κ1) is 18.8. The van der Waals surface area contributed by atoms with Crippen LogP contribution in [0, 0.1) is 12.8 Å². The highest BCUT2D eigenvalue weighted by atomic mass is 16.6. The van der Waals surface area contributed by atoms with Crippen molar-refractivity contribution in [2.45, 2.75) is 25.9 Å². The smallest absolute Gasteiger partial charge is 0.259 e. The molecular weight excluding hydrogens is 362 g/mol. The minimum Gasteiger partial charge on any atom is -0.376 e. The van der Waals surface area contributed by atoms with Gasteiger partial charge in [0.05, 0.1) is 37.4 Å².